The van der Waals surface area contributed by atoms with E-state index in [4.69, 9.17) is 4.42 Å². The van der Waals surface area contributed by atoms with Gasteiger partial charge in [-0.1, -0.05) is 28.1 Å². The van der Waals surface area contributed by atoms with Crippen molar-refractivity contribution in [3.05, 3.63) is 62.3 Å². The number of nitrogens with zero attached hydrogens (tertiary/aromatic N) is 2. The van der Waals surface area contributed by atoms with E-state index in [2.05, 4.69) is 26.5 Å². The summed E-state index contributed by atoms with van der Waals surface area (Å²) in [6.07, 6.45) is 1.44. The first-order valence-electron chi connectivity index (χ1n) is 5.39. The van der Waals surface area contributed by atoms with Crippen LogP contribution >= 0.6 is 15.9 Å². The summed E-state index contributed by atoms with van der Waals surface area (Å²) in [7, 11) is 0. The number of hydrazone groups is 1. The van der Waals surface area contributed by atoms with Crippen molar-refractivity contribution in [1.29, 1.82) is 0 Å². The molecule has 0 aliphatic rings. The summed E-state index contributed by atoms with van der Waals surface area (Å²) in [6.45, 7) is 0. The predicted molar refractivity (Wildman–Crippen MR) is 74.6 cm³/mol. The number of rotatable bonds is 4. The van der Waals surface area contributed by atoms with Crippen molar-refractivity contribution in [1.82, 2.24) is 5.43 Å². The molecular weight excluding hydrogens is 330 g/mol. The van der Waals surface area contributed by atoms with Crippen molar-refractivity contribution < 1.29 is 14.1 Å². The van der Waals surface area contributed by atoms with Gasteiger partial charge in [0.25, 0.3) is 0 Å². The fourth-order valence-corrected chi connectivity index (χ4v) is 1.77. The van der Waals surface area contributed by atoms with Gasteiger partial charge >= 0.3 is 11.8 Å². The van der Waals surface area contributed by atoms with Crippen molar-refractivity contribution in [3.63, 3.8) is 0 Å². The number of halogens is 1. The van der Waals surface area contributed by atoms with Crippen LogP contribution in [0.25, 0.3) is 0 Å². The lowest BCUT2D eigenvalue weighted by molar-refractivity contribution is -0.402. The lowest BCUT2D eigenvalue weighted by Crippen LogP contribution is -2.16. The van der Waals surface area contributed by atoms with Gasteiger partial charge in [0, 0.05) is 4.47 Å². The highest BCUT2D eigenvalue weighted by Gasteiger charge is 2.16. The highest BCUT2D eigenvalue weighted by atomic mass is 79.9. The first-order valence-corrected chi connectivity index (χ1v) is 6.19. The number of furan rings is 1. The van der Waals surface area contributed by atoms with Gasteiger partial charge in [-0.2, -0.15) is 5.10 Å². The van der Waals surface area contributed by atoms with Gasteiger partial charge in [0.05, 0.1) is 12.3 Å². The van der Waals surface area contributed by atoms with E-state index in [1.54, 1.807) is 6.07 Å². The Morgan fingerprint density at radius 3 is 2.85 bits per heavy atom. The molecule has 1 aromatic carbocycles. The van der Waals surface area contributed by atoms with Gasteiger partial charge in [0.1, 0.15) is 4.92 Å². The molecule has 0 bridgehead atoms. The van der Waals surface area contributed by atoms with Gasteiger partial charge in [-0.05, 0) is 23.8 Å². The number of carbonyl (C=O) groups is 1. The minimum atomic E-state index is -0.721. The van der Waals surface area contributed by atoms with Crippen molar-refractivity contribution in [2.45, 2.75) is 0 Å². The Hall–Kier alpha value is -2.48. The van der Waals surface area contributed by atoms with E-state index in [0.717, 1.165) is 16.1 Å². The molecular formula is C12H8BrN3O4. The molecule has 2 aromatic rings. The van der Waals surface area contributed by atoms with Crippen molar-refractivity contribution >= 4 is 33.9 Å². The summed E-state index contributed by atoms with van der Waals surface area (Å²) in [5.74, 6) is -1.33. The lowest BCUT2D eigenvalue weighted by atomic mass is 10.2. The lowest BCUT2D eigenvalue weighted by Gasteiger charge is -1.96. The number of amides is 1. The monoisotopic (exact) mass is 337 g/mol. The topological polar surface area (TPSA) is 97.7 Å². The molecule has 7 nitrogen and oxygen atoms in total. The van der Waals surface area contributed by atoms with Crippen LogP contribution in [0.4, 0.5) is 5.88 Å². The number of hydrogen-bond acceptors (Lipinski definition) is 5. The number of benzene rings is 1. The van der Waals surface area contributed by atoms with Gasteiger partial charge in [0.15, 0.2) is 0 Å². The molecule has 0 fully saturated rings. The molecule has 0 radical (unpaired) electrons. The highest BCUT2D eigenvalue weighted by Crippen LogP contribution is 2.15. The standard InChI is InChI=1S/C12H8BrN3O4/c13-9-3-1-2-8(6-9)7-14-15-12(17)10-4-5-11(20-10)16(18)19/h1-7H,(H,15,17)/b14-7+. The first-order chi connectivity index (χ1) is 9.56. The van der Waals surface area contributed by atoms with Gasteiger partial charge in [-0.3, -0.25) is 14.9 Å². The average molecular weight is 338 g/mol. The van der Waals surface area contributed by atoms with E-state index in [1.165, 1.54) is 12.3 Å². The molecule has 0 spiro atoms. The summed E-state index contributed by atoms with van der Waals surface area (Å²) < 4.78 is 5.62. The third-order valence-corrected chi connectivity index (χ3v) is 2.72. The SMILES string of the molecule is O=C(N/N=C/c1cccc(Br)c1)c1ccc([N+](=O)[O-])o1. The van der Waals surface area contributed by atoms with E-state index in [-0.39, 0.29) is 5.76 Å². The average Bonchev–Trinajstić information content (AvgIpc) is 2.88. The Bertz CT molecular complexity index is 681. The van der Waals surface area contributed by atoms with Crippen molar-refractivity contribution in [2.75, 3.05) is 0 Å². The van der Waals surface area contributed by atoms with Gasteiger partial charge in [-0.25, -0.2) is 5.43 Å². The summed E-state index contributed by atoms with van der Waals surface area (Å²) in [5, 5.41) is 14.2. The molecule has 1 heterocycles. The molecule has 1 amide bonds. The normalized spacial score (nSPS) is 10.7. The van der Waals surface area contributed by atoms with E-state index in [1.807, 2.05) is 18.2 Å². The molecule has 0 saturated carbocycles. The Labute approximate surface area is 121 Å². The molecule has 0 atom stereocenters. The molecule has 8 heteroatoms. The Morgan fingerprint density at radius 1 is 1.40 bits per heavy atom. The highest BCUT2D eigenvalue weighted by molar-refractivity contribution is 9.10. The predicted octanol–water partition coefficient (Wildman–Crippen LogP) is 2.71. The fourth-order valence-electron chi connectivity index (χ4n) is 1.36. The maximum absolute atomic E-state index is 11.6. The first kappa shape index (κ1) is 13.9. The minimum absolute atomic E-state index is 0.178. The fraction of sp³-hybridized carbons (Fsp3) is 0. The molecule has 1 aromatic heterocycles. The second-order valence-electron chi connectivity index (χ2n) is 3.65. The third kappa shape index (κ3) is 3.51. The van der Waals surface area contributed by atoms with Crippen LogP contribution in [0, 0.1) is 10.1 Å². The summed E-state index contributed by atoms with van der Waals surface area (Å²) in [5.41, 5.74) is 3.00. The number of nitro groups is 1. The summed E-state index contributed by atoms with van der Waals surface area (Å²) in [4.78, 5) is 21.3. The van der Waals surface area contributed by atoms with Crippen LogP contribution in [-0.4, -0.2) is 17.0 Å². The number of carbonyl (C=O) groups excluding carboxylic acids is 1. The van der Waals surface area contributed by atoms with Crippen LogP contribution in [0.5, 0.6) is 0 Å². The molecule has 0 aliphatic carbocycles. The molecule has 102 valence electrons. The largest absolute Gasteiger partial charge is 0.433 e. The Kier molecular flexibility index (Phi) is 4.26. The zero-order valence-corrected chi connectivity index (χ0v) is 11.5. The van der Waals surface area contributed by atoms with Crippen molar-refractivity contribution in [2.24, 2.45) is 5.10 Å². The van der Waals surface area contributed by atoms with E-state index >= 15 is 0 Å². The van der Waals surface area contributed by atoms with Crippen LogP contribution < -0.4 is 5.43 Å². The molecule has 0 unspecified atom stereocenters. The Balaban J connectivity index is 1.99. The van der Waals surface area contributed by atoms with Crippen LogP contribution in [0.2, 0.25) is 0 Å². The van der Waals surface area contributed by atoms with Crippen LogP contribution in [0.15, 0.2) is 50.4 Å². The van der Waals surface area contributed by atoms with Crippen molar-refractivity contribution in [3.8, 4) is 0 Å². The number of nitrogens with one attached hydrogen (secondary N) is 1. The van der Waals surface area contributed by atoms with Crippen LogP contribution in [0.3, 0.4) is 0 Å². The van der Waals surface area contributed by atoms with Gasteiger partial charge < -0.3 is 4.42 Å². The van der Waals surface area contributed by atoms with E-state index < -0.39 is 16.7 Å². The van der Waals surface area contributed by atoms with E-state index in [0.29, 0.717) is 0 Å². The van der Waals surface area contributed by atoms with Gasteiger partial charge in [-0.15, -0.1) is 0 Å². The minimum Gasteiger partial charge on any atom is -0.395 e. The molecule has 0 aliphatic heterocycles. The molecule has 0 saturated heterocycles. The molecule has 1 N–H and O–H groups in total. The number of hydrogen-bond donors (Lipinski definition) is 1. The van der Waals surface area contributed by atoms with E-state index in [9.17, 15) is 14.9 Å². The quantitative estimate of drug-likeness (QED) is 0.526. The molecule has 20 heavy (non-hydrogen) atoms. The third-order valence-electron chi connectivity index (χ3n) is 2.22. The second kappa shape index (κ2) is 6.11. The summed E-state index contributed by atoms with van der Waals surface area (Å²) >= 11 is 3.31. The summed E-state index contributed by atoms with van der Waals surface area (Å²) in [6, 6.07) is 9.61. The smallest absolute Gasteiger partial charge is 0.395 e. The van der Waals surface area contributed by atoms with Gasteiger partial charge in [0.2, 0.25) is 5.76 Å². The Morgan fingerprint density at radius 2 is 2.20 bits per heavy atom. The zero-order valence-electron chi connectivity index (χ0n) is 9.95. The van der Waals surface area contributed by atoms with Crippen LogP contribution in [-0.2, 0) is 0 Å². The molecule has 2 rings (SSSR count). The van der Waals surface area contributed by atoms with Crippen LogP contribution in [0.1, 0.15) is 16.1 Å². The maximum Gasteiger partial charge on any atom is 0.433 e. The zero-order chi connectivity index (χ0) is 14.5. The second-order valence-corrected chi connectivity index (χ2v) is 4.56. The maximum atomic E-state index is 11.6.